The summed E-state index contributed by atoms with van der Waals surface area (Å²) in [7, 11) is -6.47. The normalized spacial score (nSPS) is 25.1. The molecule has 1 heterocycles. The molecule has 0 bridgehead atoms. The maximum atomic E-state index is 12.5. The van der Waals surface area contributed by atoms with Crippen molar-refractivity contribution in [1.29, 1.82) is 0 Å². The molecule has 0 spiro atoms. The Bertz CT molecular complexity index is 572. The molecule has 0 aromatic rings. The van der Waals surface area contributed by atoms with E-state index in [1.165, 1.54) is 7.11 Å². The van der Waals surface area contributed by atoms with Crippen LogP contribution in [-0.2, 0) is 28.2 Å². The monoisotopic (exact) mass is 450 g/mol. The minimum Gasteiger partial charge on any atom is -0.413 e. The molecule has 1 aliphatic rings. The molecule has 1 saturated heterocycles. The van der Waals surface area contributed by atoms with Crippen LogP contribution in [0.2, 0.25) is 16.6 Å². The van der Waals surface area contributed by atoms with Crippen molar-refractivity contribution >= 4 is 18.4 Å². The van der Waals surface area contributed by atoms with Crippen LogP contribution < -0.4 is 0 Å². The van der Waals surface area contributed by atoms with E-state index < -0.39 is 42.9 Å². The predicted molar refractivity (Wildman–Crippen MR) is 102 cm³/mol. The van der Waals surface area contributed by atoms with Gasteiger partial charge < -0.3 is 13.9 Å². The summed E-state index contributed by atoms with van der Waals surface area (Å²) in [6.45, 7) is 12.1. The highest BCUT2D eigenvalue weighted by Crippen LogP contribution is 2.44. The molecular weight excluding hydrogens is 417 g/mol. The lowest BCUT2D eigenvalue weighted by Gasteiger charge is -2.47. The Morgan fingerprint density at radius 1 is 1.04 bits per heavy atom. The Balaban J connectivity index is 2.96. The van der Waals surface area contributed by atoms with Gasteiger partial charge in [0.2, 0.25) is 8.32 Å². The van der Waals surface area contributed by atoms with Crippen molar-refractivity contribution in [3.8, 4) is 0 Å². The third-order valence-corrected chi connectivity index (χ3v) is 12.5. The minimum atomic E-state index is -5.67. The lowest BCUT2D eigenvalue weighted by Crippen LogP contribution is -2.53. The fraction of sp³-hybridized carbons (Fsp3) is 1.00. The summed E-state index contributed by atoms with van der Waals surface area (Å²) in [6.07, 6.45) is -1.20. The average Bonchev–Trinajstić information content (AvgIpc) is 2.55. The molecule has 0 saturated carbocycles. The van der Waals surface area contributed by atoms with Crippen LogP contribution in [0.25, 0.3) is 0 Å². The van der Waals surface area contributed by atoms with E-state index in [1.807, 2.05) is 0 Å². The standard InChI is InChI=1S/C17H33F3O6SSi/c1-11(2)28(12(3)4,13(5)6)26-14-8-15(25-16(9-14)23-7)10-24-27(21,22)17(18,19)20/h11-16H,8-10H2,1-7H3/t14-,15-,16?/m0/s1. The van der Waals surface area contributed by atoms with Gasteiger partial charge in [-0.05, 0) is 16.6 Å². The predicted octanol–water partition coefficient (Wildman–Crippen LogP) is 4.56. The summed E-state index contributed by atoms with van der Waals surface area (Å²) in [5, 5.41) is 0. The summed E-state index contributed by atoms with van der Waals surface area (Å²) in [4.78, 5) is 0. The van der Waals surface area contributed by atoms with Crippen molar-refractivity contribution in [2.45, 2.75) is 95.0 Å². The SMILES string of the molecule is COC1C[C@@H](O[Si](C(C)C)(C(C)C)C(C)C)C[C@@H](COS(=O)(=O)C(F)(F)F)O1. The highest BCUT2D eigenvalue weighted by molar-refractivity contribution is 7.87. The number of ether oxygens (including phenoxy) is 2. The first-order chi connectivity index (χ1) is 12.7. The molecule has 11 heteroatoms. The molecule has 3 atom stereocenters. The maximum Gasteiger partial charge on any atom is 0.523 e. The zero-order valence-electron chi connectivity index (χ0n) is 17.6. The van der Waals surface area contributed by atoms with Crippen molar-refractivity contribution < 1.29 is 39.7 Å². The van der Waals surface area contributed by atoms with Gasteiger partial charge in [0.1, 0.15) is 0 Å². The Morgan fingerprint density at radius 3 is 1.93 bits per heavy atom. The molecule has 0 aromatic carbocycles. The molecule has 1 rings (SSSR count). The molecule has 1 unspecified atom stereocenters. The number of hydrogen-bond acceptors (Lipinski definition) is 6. The smallest absolute Gasteiger partial charge is 0.413 e. The zero-order valence-corrected chi connectivity index (χ0v) is 19.4. The van der Waals surface area contributed by atoms with Crippen molar-refractivity contribution in [2.24, 2.45) is 0 Å². The Kier molecular flexibility index (Phi) is 8.98. The van der Waals surface area contributed by atoms with Gasteiger partial charge in [-0.3, -0.25) is 4.18 Å². The molecular formula is C17H33F3O6SSi. The van der Waals surface area contributed by atoms with Gasteiger partial charge in [-0.15, -0.1) is 0 Å². The van der Waals surface area contributed by atoms with Crippen molar-refractivity contribution in [2.75, 3.05) is 13.7 Å². The van der Waals surface area contributed by atoms with Crippen LogP contribution in [0.3, 0.4) is 0 Å². The summed E-state index contributed by atoms with van der Waals surface area (Å²) in [5.41, 5.74) is -4.47. The highest BCUT2D eigenvalue weighted by Gasteiger charge is 2.49. The Hall–Kier alpha value is -0.203. The first-order valence-corrected chi connectivity index (χ1v) is 13.0. The van der Waals surface area contributed by atoms with E-state index in [0.717, 1.165) is 0 Å². The van der Waals surface area contributed by atoms with Gasteiger partial charge in [-0.1, -0.05) is 41.5 Å². The van der Waals surface area contributed by atoms with Crippen LogP contribution in [0.1, 0.15) is 54.4 Å². The van der Waals surface area contributed by atoms with Crippen LogP contribution in [0.15, 0.2) is 0 Å². The highest BCUT2D eigenvalue weighted by atomic mass is 32.2. The quantitative estimate of drug-likeness (QED) is 0.291. The first kappa shape index (κ1) is 25.8. The molecule has 0 radical (unpaired) electrons. The number of hydrogen-bond donors (Lipinski definition) is 0. The van der Waals surface area contributed by atoms with E-state index >= 15 is 0 Å². The second-order valence-corrected chi connectivity index (χ2v) is 15.2. The summed E-state index contributed by atoms with van der Waals surface area (Å²) in [6, 6.07) is 0. The third-order valence-electron chi connectivity index (χ3n) is 5.36. The lowest BCUT2D eigenvalue weighted by atomic mass is 10.1. The van der Waals surface area contributed by atoms with E-state index in [4.69, 9.17) is 13.9 Å². The van der Waals surface area contributed by atoms with Gasteiger partial charge in [0.15, 0.2) is 6.29 Å². The van der Waals surface area contributed by atoms with Crippen LogP contribution in [0.5, 0.6) is 0 Å². The van der Waals surface area contributed by atoms with Gasteiger partial charge in [-0.2, -0.15) is 21.6 Å². The number of rotatable bonds is 9. The summed E-state index contributed by atoms with van der Waals surface area (Å²) >= 11 is 0. The number of methoxy groups -OCH3 is 1. The largest absolute Gasteiger partial charge is 0.523 e. The number of halogens is 3. The van der Waals surface area contributed by atoms with Gasteiger partial charge >= 0.3 is 15.6 Å². The molecule has 6 nitrogen and oxygen atoms in total. The average molecular weight is 451 g/mol. The van der Waals surface area contributed by atoms with Crippen LogP contribution in [0.4, 0.5) is 13.2 Å². The van der Waals surface area contributed by atoms with Crippen molar-refractivity contribution in [1.82, 2.24) is 0 Å². The molecule has 1 fully saturated rings. The molecule has 0 amide bonds. The van der Waals surface area contributed by atoms with Crippen LogP contribution in [-0.4, -0.2) is 54.5 Å². The lowest BCUT2D eigenvalue weighted by molar-refractivity contribution is -0.207. The Labute approximate surface area is 167 Å². The van der Waals surface area contributed by atoms with Crippen molar-refractivity contribution in [3.05, 3.63) is 0 Å². The minimum absolute atomic E-state index is 0.244. The van der Waals surface area contributed by atoms with Gasteiger partial charge in [0.05, 0.1) is 18.8 Å². The molecule has 1 aliphatic heterocycles. The van der Waals surface area contributed by atoms with Crippen LogP contribution >= 0.6 is 0 Å². The molecule has 0 aliphatic carbocycles. The molecule has 168 valence electrons. The fourth-order valence-corrected chi connectivity index (χ4v) is 10.3. The fourth-order valence-electron chi connectivity index (χ4n) is 4.21. The van der Waals surface area contributed by atoms with Crippen molar-refractivity contribution in [3.63, 3.8) is 0 Å². The van der Waals surface area contributed by atoms with E-state index in [-0.39, 0.29) is 12.5 Å². The topological polar surface area (TPSA) is 71.1 Å². The van der Waals surface area contributed by atoms with Gasteiger partial charge in [0, 0.05) is 20.0 Å². The van der Waals surface area contributed by atoms with Gasteiger partial charge in [0.25, 0.3) is 0 Å². The van der Waals surface area contributed by atoms with E-state index in [9.17, 15) is 21.6 Å². The van der Waals surface area contributed by atoms with E-state index in [2.05, 4.69) is 45.7 Å². The summed E-state index contributed by atoms with van der Waals surface area (Å²) < 4.78 is 81.4. The number of alkyl halides is 3. The van der Waals surface area contributed by atoms with Gasteiger partial charge in [-0.25, -0.2) is 0 Å². The second-order valence-electron chi connectivity index (χ2n) is 8.14. The first-order valence-electron chi connectivity index (χ1n) is 9.49. The second kappa shape index (κ2) is 9.74. The summed E-state index contributed by atoms with van der Waals surface area (Å²) in [5.74, 6) is 0. The van der Waals surface area contributed by atoms with E-state index in [1.54, 1.807) is 0 Å². The van der Waals surface area contributed by atoms with E-state index in [0.29, 0.717) is 23.0 Å². The maximum absolute atomic E-state index is 12.5. The Morgan fingerprint density at radius 2 is 1.54 bits per heavy atom. The zero-order chi connectivity index (χ0) is 21.9. The molecule has 0 N–H and O–H groups in total. The third kappa shape index (κ3) is 5.91. The molecule has 0 aromatic heterocycles. The molecule has 28 heavy (non-hydrogen) atoms. The van der Waals surface area contributed by atoms with Crippen LogP contribution in [0, 0.1) is 0 Å².